The van der Waals surface area contributed by atoms with Crippen LogP contribution in [0.1, 0.15) is 51.4 Å². The zero-order chi connectivity index (χ0) is 14.0. The summed E-state index contributed by atoms with van der Waals surface area (Å²) in [5, 5.41) is 4.89. The molecule has 2 nitrogen and oxygen atoms in total. The van der Waals surface area contributed by atoms with Crippen molar-refractivity contribution in [3.63, 3.8) is 0 Å². The van der Waals surface area contributed by atoms with Gasteiger partial charge in [-0.1, -0.05) is 20.8 Å². The van der Waals surface area contributed by atoms with E-state index in [0.29, 0.717) is 11.3 Å². The van der Waals surface area contributed by atoms with Crippen LogP contribution in [0.3, 0.4) is 0 Å². The lowest BCUT2D eigenvalue weighted by Gasteiger charge is -2.35. The molecule has 3 atom stereocenters. The Hall–Kier alpha value is -0.500. The molecule has 2 rings (SSSR count). The zero-order valence-electron chi connectivity index (χ0n) is 12.7. The lowest BCUT2D eigenvalue weighted by Crippen LogP contribution is -2.29. The molecule has 19 heavy (non-hydrogen) atoms. The van der Waals surface area contributed by atoms with Crippen molar-refractivity contribution in [2.24, 2.45) is 24.8 Å². The largest absolute Gasteiger partial charge is 0.272 e. The highest BCUT2D eigenvalue weighted by Crippen LogP contribution is 2.38. The van der Waals surface area contributed by atoms with Crippen molar-refractivity contribution >= 4 is 11.6 Å². The van der Waals surface area contributed by atoms with E-state index in [1.165, 1.54) is 30.7 Å². The Morgan fingerprint density at radius 2 is 2.16 bits per heavy atom. The number of halogens is 1. The highest BCUT2D eigenvalue weighted by molar-refractivity contribution is 6.20. The molecule has 0 radical (unpaired) electrons. The van der Waals surface area contributed by atoms with Gasteiger partial charge in [-0.25, -0.2) is 0 Å². The van der Waals surface area contributed by atoms with Gasteiger partial charge >= 0.3 is 0 Å². The molecule has 1 aliphatic rings. The van der Waals surface area contributed by atoms with Crippen molar-refractivity contribution in [3.05, 3.63) is 17.5 Å². The van der Waals surface area contributed by atoms with Gasteiger partial charge in [-0.3, -0.25) is 4.68 Å². The summed E-state index contributed by atoms with van der Waals surface area (Å²) in [7, 11) is 2.06. The summed E-state index contributed by atoms with van der Waals surface area (Å²) in [6, 6.07) is 2.25. The Labute approximate surface area is 122 Å². The topological polar surface area (TPSA) is 17.8 Å². The van der Waals surface area contributed by atoms with E-state index in [2.05, 4.69) is 39.0 Å². The molecule has 0 N–H and O–H groups in total. The molecule has 0 aromatic carbocycles. The van der Waals surface area contributed by atoms with Crippen LogP contribution in [-0.4, -0.2) is 15.2 Å². The van der Waals surface area contributed by atoms with Gasteiger partial charge in [0, 0.05) is 18.1 Å². The van der Waals surface area contributed by atoms with E-state index in [-0.39, 0.29) is 0 Å². The number of rotatable bonds is 4. The minimum Gasteiger partial charge on any atom is -0.272 e. The Bertz CT molecular complexity index is 411. The first kappa shape index (κ1) is 14.9. The van der Waals surface area contributed by atoms with Crippen molar-refractivity contribution in [1.82, 2.24) is 9.78 Å². The van der Waals surface area contributed by atoms with E-state index in [0.717, 1.165) is 24.7 Å². The SMILES string of the molecule is CCc1cc(CC2CC(C(C)C)CCC2Cl)n(C)n1. The highest BCUT2D eigenvalue weighted by Gasteiger charge is 2.31. The van der Waals surface area contributed by atoms with E-state index >= 15 is 0 Å². The molecule has 1 aromatic heterocycles. The quantitative estimate of drug-likeness (QED) is 0.757. The van der Waals surface area contributed by atoms with Crippen LogP contribution < -0.4 is 0 Å². The highest BCUT2D eigenvalue weighted by atomic mass is 35.5. The van der Waals surface area contributed by atoms with Gasteiger partial charge in [-0.15, -0.1) is 11.6 Å². The van der Waals surface area contributed by atoms with Gasteiger partial charge in [0.1, 0.15) is 0 Å². The molecule has 108 valence electrons. The average molecular weight is 283 g/mol. The van der Waals surface area contributed by atoms with Crippen molar-refractivity contribution in [2.75, 3.05) is 0 Å². The third-order valence-corrected chi connectivity index (χ3v) is 5.31. The smallest absolute Gasteiger partial charge is 0.0624 e. The number of hydrogen-bond acceptors (Lipinski definition) is 1. The summed E-state index contributed by atoms with van der Waals surface area (Å²) < 4.78 is 2.04. The maximum atomic E-state index is 6.57. The molecule has 1 heterocycles. The van der Waals surface area contributed by atoms with Crippen LogP contribution >= 0.6 is 11.6 Å². The van der Waals surface area contributed by atoms with Crippen LogP contribution in [-0.2, 0) is 19.9 Å². The van der Waals surface area contributed by atoms with E-state index < -0.39 is 0 Å². The van der Waals surface area contributed by atoms with Crippen molar-refractivity contribution in [1.29, 1.82) is 0 Å². The molecule has 0 bridgehead atoms. The molecule has 1 aliphatic carbocycles. The van der Waals surface area contributed by atoms with Crippen LogP contribution in [0.25, 0.3) is 0 Å². The van der Waals surface area contributed by atoms with Gasteiger partial charge in [-0.2, -0.15) is 5.10 Å². The number of nitrogens with zero attached hydrogens (tertiary/aromatic N) is 2. The second-order valence-corrected chi connectivity index (χ2v) is 6.96. The van der Waals surface area contributed by atoms with Crippen LogP contribution in [0.2, 0.25) is 0 Å². The fraction of sp³-hybridized carbons (Fsp3) is 0.812. The second-order valence-electron chi connectivity index (χ2n) is 6.40. The van der Waals surface area contributed by atoms with Crippen molar-refractivity contribution < 1.29 is 0 Å². The summed E-state index contributed by atoms with van der Waals surface area (Å²) in [6.07, 6.45) is 5.85. The minimum atomic E-state index is 0.343. The molecular weight excluding hydrogens is 256 g/mol. The lowest BCUT2D eigenvalue weighted by atomic mass is 9.74. The van der Waals surface area contributed by atoms with E-state index in [1.54, 1.807) is 0 Å². The third-order valence-electron chi connectivity index (χ3n) is 4.73. The van der Waals surface area contributed by atoms with Gasteiger partial charge in [0.2, 0.25) is 0 Å². The Morgan fingerprint density at radius 3 is 2.74 bits per heavy atom. The monoisotopic (exact) mass is 282 g/mol. The summed E-state index contributed by atoms with van der Waals surface area (Å²) in [4.78, 5) is 0. The number of hydrogen-bond donors (Lipinski definition) is 0. The first-order valence-electron chi connectivity index (χ1n) is 7.67. The van der Waals surface area contributed by atoms with E-state index in [1.807, 2.05) is 4.68 Å². The molecule has 3 heteroatoms. The van der Waals surface area contributed by atoms with Crippen molar-refractivity contribution in [3.8, 4) is 0 Å². The van der Waals surface area contributed by atoms with Crippen LogP contribution in [0.4, 0.5) is 0 Å². The maximum Gasteiger partial charge on any atom is 0.0624 e. The number of alkyl halides is 1. The molecule has 0 amide bonds. The summed E-state index contributed by atoms with van der Waals surface area (Å²) in [5.74, 6) is 2.24. The third kappa shape index (κ3) is 3.53. The molecule has 0 aliphatic heterocycles. The lowest BCUT2D eigenvalue weighted by molar-refractivity contribution is 0.216. The van der Waals surface area contributed by atoms with Gasteiger partial charge in [-0.05, 0) is 55.9 Å². The van der Waals surface area contributed by atoms with Gasteiger partial charge < -0.3 is 0 Å². The zero-order valence-corrected chi connectivity index (χ0v) is 13.5. The summed E-state index contributed by atoms with van der Waals surface area (Å²) in [6.45, 7) is 6.84. The van der Waals surface area contributed by atoms with E-state index in [4.69, 9.17) is 11.6 Å². The molecule has 1 aromatic rings. The molecule has 3 unspecified atom stereocenters. The maximum absolute atomic E-state index is 6.57. The van der Waals surface area contributed by atoms with Crippen LogP contribution in [0, 0.1) is 17.8 Å². The number of aromatic nitrogens is 2. The minimum absolute atomic E-state index is 0.343. The normalized spacial score (nSPS) is 28.0. The average Bonchev–Trinajstić information content (AvgIpc) is 2.72. The molecule has 1 fully saturated rings. The Morgan fingerprint density at radius 1 is 1.42 bits per heavy atom. The van der Waals surface area contributed by atoms with Gasteiger partial charge in [0.15, 0.2) is 0 Å². The van der Waals surface area contributed by atoms with Gasteiger partial charge in [0.05, 0.1) is 5.69 Å². The molecule has 1 saturated carbocycles. The molecule has 0 saturated heterocycles. The van der Waals surface area contributed by atoms with Crippen LogP contribution in [0.5, 0.6) is 0 Å². The summed E-state index contributed by atoms with van der Waals surface area (Å²) >= 11 is 6.57. The van der Waals surface area contributed by atoms with Crippen LogP contribution in [0.15, 0.2) is 6.07 Å². The predicted octanol–water partition coefficient (Wildman–Crippen LogP) is 4.20. The fourth-order valence-corrected chi connectivity index (χ4v) is 3.60. The van der Waals surface area contributed by atoms with E-state index in [9.17, 15) is 0 Å². The van der Waals surface area contributed by atoms with Crippen molar-refractivity contribution in [2.45, 2.75) is 58.3 Å². The molecular formula is C16H27ClN2. The predicted molar refractivity (Wildman–Crippen MR) is 81.6 cm³/mol. The first-order valence-corrected chi connectivity index (χ1v) is 8.10. The Balaban J connectivity index is 2.05. The second kappa shape index (κ2) is 6.30. The summed E-state index contributed by atoms with van der Waals surface area (Å²) in [5.41, 5.74) is 2.54. The first-order chi connectivity index (χ1) is 9.01. The number of aryl methyl sites for hydroxylation is 2. The Kier molecular flexibility index (Phi) is 4.94. The molecule has 0 spiro atoms. The standard InChI is InChI=1S/C16H27ClN2/c1-5-14-10-15(19(4)18-14)9-13-8-12(11(2)3)6-7-16(13)17/h10-13,16H,5-9H2,1-4H3. The fourth-order valence-electron chi connectivity index (χ4n) is 3.28. The van der Waals surface area contributed by atoms with Gasteiger partial charge in [0.25, 0.3) is 0 Å².